The Morgan fingerprint density at radius 3 is 2.55 bits per heavy atom. The Balaban J connectivity index is 2.74. The standard InChI is InChI=1S/C7H9FN2O/c8-7(9)5-10-3-1-6(11)2-4-10/h1-4,7H,5,9H2. The number of halogens is 1. The van der Waals surface area contributed by atoms with E-state index in [1.54, 1.807) is 0 Å². The first-order valence-corrected chi connectivity index (χ1v) is 3.24. The molecular weight excluding hydrogens is 147 g/mol. The van der Waals surface area contributed by atoms with Crippen molar-refractivity contribution in [3.63, 3.8) is 0 Å². The molecule has 3 nitrogen and oxygen atoms in total. The van der Waals surface area contributed by atoms with Crippen molar-refractivity contribution in [2.75, 3.05) is 0 Å². The average molecular weight is 156 g/mol. The molecule has 1 heterocycles. The third-order valence-electron chi connectivity index (χ3n) is 1.25. The molecule has 0 amide bonds. The fourth-order valence-corrected chi connectivity index (χ4v) is 0.767. The van der Waals surface area contributed by atoms with Gasteiger partial charge in [-0.15, -0.1) is 0 Å². The molecule has 0 aromatic carbocycles. The lowest BCUT2D eigenvalue weighted by molar-refractivity contribution is 0.304. The number of pyridine rings is 1. The van der Waals surface area contributed by atoms with Gasteiger partial charge in [-0.3, -0.25) is 4.79 Å². The van der Waals surface area contributed by atoms with Gasteiger partial charge in [0.25, 0.3) is 0 Å². The Labute approximate surface area is 63.3 Å². The van der Waals surface area contributed by atoms with E-state index >= 15 is 0 Å². The highest BCUT2D eigenvalue weighted by Crippen LogP contribution is 1.88. The molecule has 0 fully saturated rings. The molecule has 1 aromatic rings. The molecular formula is C7H9FN2O. The highest BCUT2D eigenvalue weighted by atomic mass is 19.1. The van der Waals surface area contributed by atoms with Crippen molar-refractivity contribution in [3.8, 4) is 0 Å². The van der Waals surface area contributed by atoms with Crippen molar-refractivity contribution in [2.24, 2.45) is 5.73 Å². The van der Waals surface area contributed by atoms with Crippen LogP contribution in [0.3, 0.4) is 0 Å². The Bertz CT molecular complexity index is 262. The van der Waals surface area contributed by atoms with E-state index in [2.05, 4.69) is 0 Å². The molecule has 0 aliphatic carbocycles. The fraction of sp³-hybridized carbons (Fsp3) is 0.286. The second kappa shape index (κ2) is 3.30. The van der Waals surface area contributed by atoms with Gasteiger partial charge in [-0.25, -0.2) is 4.39 Å². The largest absolute Gasteiger partial charge is 0.350 e. The lowest BCUT2D eigenvalue weighted by Crippen LogP contribution is -2.20. The topological polar surface area (TPSA) is 48.0 Å². The molecule has 0 radical (unpaired) electrons. The summed E-state index contributed by atoms with van der Waals surface area (Å²) in [5, 5.41) is 0. The smallest absolute Gasteiger partial charge is 0.181 e. The van der Waals surface area contributed by atoms with Gasteiger partial charge in [-0.05, 0) is 0 Å². The van der Waals surface area contributed by atoms with E-state index in [1.807, 2.05) is 0 Å². The number of nitrogens with two attached hydrogens (primary N) is 1. The summed E-state index contributed by atoms with van der Waals surface area (Å²) < 4.78 is 13.7. The van der Waals surface area contributed by atoms with Gasteiger partial charge in [-0.1, -0.05) is 0 Å². The summed E-state index contributed by atoms with van der Waals surface area (Å²) in [5.74, 6) is 0. The molecule has 1 rings (SSSR count). The van der Waals surface area contributed by atoms with Gasteiger partial charge >= 0.3 is 0 Å². The van der Waals surface area contributed by atoms with Crippen LogP contribution in [-0.4, -0.2) is 10.9 Å². The van der Waals surface area contributed by atoms with Gasteiger partial charge < -0.3 is 10.3 Å². The molecule has 1 aromatic heterocycles. The normalized spacial score (nSPS) is 12.9. The quantitative estimate of drug-likeness (QED) is 0.617. The first-order valence-electron chi connectivity index (χ1n) is 3.24. The van der Waals surface area contributed by atoms with Crippen LogP contribution in [0.4, 0.5) is 4.39 Å². The number of nitrogens with zero attached hydrogens (tertiary/aromatic N) is 1. The summed E-state index contributed by atoms with van der Waals surface area (Å²) >= 11 is 0. The number of hydrogen-bond donors (Lipinski definition) is 1. The lowest BCUT2D eigenvalue weighted by atomic mass is 10.4. The van der Waals surface area contributed by atoms with Gasteiger partial charge in [0.15, 0.2) is 11.7 Å². The molecule has 0 bridgehead atoms. The molecule has 0 saturated heterocycles. The molecule has 60 valence electrons. The maximum Gasteiger partial charge on any atom is 0.181 e. The minimum atomic E-state index is -1.38. The molecule has 1 atom stereocenters. The monoisotopic (exact) mass is 156 g/mol. The van der Waals surface area contributed by atoms with Crippen LogP contribution in [0.1, 0.15) is 0 Å². The van der Waals surface area contributed by atoms with Crippen molar-refractivity contribution in [1.29, 1.82) is 0 Å². The molecule has 1 unspecified atom stereocenters. The molecule has 2 N–H and O–H groups in total. The third kappa shape index (κ3) is 2.51. The van der Waals surface area contributed by atoms with Crippen LogP contribution < -0.4 is 11.2 Å². The number of aromatic nitrogens is 1. The lowest BCUT2D eigenvalue weighted by Gasteiger charge is -2.04. The summed E-state index contributed by atoms with van der Waals surface area (Å²) in [7, 11) is 0. The average Bonchev–Trinajstić information content (AvgIpc) is 1.93. The minimum Gasteiger partial charge on any atom is -0.350 e. The number of rotatable bonds is 2. The SMILES string of the molecule is NC(F)Cn1ccc(=O)cc1. The maximum atomic E-state index is 12.2. The molecule has 0 spiro atoms. The summed E-state index contributed by atoms with van der Waals surface area (Å²) in [4.78, 5) is 10.6. The van der Waals surface area contributed by atoms with Crippen LogP contribution in [0, 0.1) is 0 Å². The van der Waals surface area contributed by atoms with E-state index in [-0.39, 0.29) is 12.0 Å². The third-order valence-corrected chi connectivity index (χ3v) is 1.25. The van der Waals surface area contributed by atoms with E-state index in [9.17, 15) is 9.18 Å². The van der Waals surface area contributed by atoms with Crippen molar-refractivity contribution < 1.29 is 4.39 Å². The van der Waals surface area contributed by atoms with Gasteiger partial charge in [0.2, 0.25) is 0 Å². The van der Waals surface area contributed by atoms with E-state index in [0.717, 1.165) is 0 Å². The van der Waals surface area contributed by atoms with E-state index in [0.29, 0.717) is 0 Å². The fourth-order valence-electron chi connectivity index (χ4n) is 0.767. The zero-order valence-electron chi connectivity index (χ0n) is 5.90. The van der Waals surface area contributed by atoms with Crippen LogP contribution >= 0.6 is 0 Å². The van der Waals surface area contributed by atoms with E-state index in [4.69, 9.17) is 5.73 Å². The van der Waals surface area contributed by atoms with Crippen LogP contribution in [0.15, 0.2) is 29.3 Å². The Morgan fingerprint density at radius 1 is 1.55 bits per heavy atom. The highest BCUT2D eigenvalue weighted by Gasteiger charge is 1.96. The number of alkyl halides is 1. The maximum absolute atomic E-state index is 12.2. The van der Waals surface area contributed by atoms with Gasteiger partial charge in [-0.2, -0.15) is 0 Å². The molecule has 4 heteroatoms. The summed E-state index contributed by atoms with van der Waals surface area (Å²) in [6, 6.07) is 2.73. The highest BCUT2D eigenvalue weighted by molar-refractivity contribution is 4.93. The summed E-state index contributed by atoms with van der Waals surface area (Å²) in [6.07, 6.45) is 1.63. The zero-order chi connectivity index (χ0) is 8.27. The van der Waals surface area contributed by atoms with Crippen molar-refractivity contribution >= 4 is 0 Å². The summed E-state index contributed by atoms with van der Waals surface area (Å²) in [6.45, 7) is 0.0836. The number of hydrogen-bond acceptors (Lipinski definition) is 2. The molecule has 11 heavy (non-hydrogen) atoms. The predicted octanol–water partition coefficient (Wildman–Crippen LogP) is 0.103. The first kappa shape index (κ1) is 7.94. The molecule has 0 saturated carbocycles. The molecule has 0 aliphatic rings. The Morgan fingerprint density at radius 2 is 2.09 bits per heavy atom. The first-order chi connectivity index (χ1) is 5.18. The Hall–Kier alpha value is -1.16. The van der Waals surface area contributed by atoms with Crippen molar-refractivity contribution in [1.82, 2.24) is 4.57 Å². The predicted molar refractivity (Wildman–Crippen MR) is 39.8 cm³/mol. The van der Waals surface area contributed by atoms with E-state index < -0.39 is 6.30 Å². The van der Waals surface area contributed by atoms with Crippen LogP contribution in [0.5, 0.6) is 0 Å². The second-order valence-corrected chi connectivity index (χ2v) is 2.25. The van der Waals surface area contributed by atoms with Crippen LogP contribution in [0.25, 0.3) is 0 Å². The van der Waals surface area contributed by atoms with Crippen LogP contribution in [0.2, 0.25) is 0 Å². The van der Waals surface area contributed by atoms with Crippen molar-refractivity contribution in [3.05, 3.63) is 34.7 Å². The van der Waals surface area contributed by atoms with Gasteiger partial charge in [0, 0.05) is 24.5 Å². The Kier molecular flexibility index (Phi) is 2.38. The van der Waals surface area contributed by atoms with Gasteiger partial charge in [0.1, 0.15) is 0 Å². The zero-order valence-corrected chi connectivity index (χ0v) is 5.90. The molecule has 0 aliphatic heterocycles. The minimum absolute atomic E-state index is 0.0836. The van der Waals surface area contributed by atoms with Crippen molar-refractivity contribution in [2.45, 2.75) is 12.8 Å². The van der Waals surface area contributed by atoms with Crippen LogP contribution in [-0.2, 0) is 6.54 Å². The van der Waals surface area contributed by atoms with E-state index in [1.165, 1.54) is 29.1 Å². The van der Waals surface area contributed by atoms with Gasteiger partial charge in [0.05, 0.1) is 6.54 Å². The summed E-state index contributed by atoms with van der Waals surface area (Å²) in [5.41, 5.74) is 4.81. The second-order valence-electron chi connectivity index (χ2n) is 2.25.